The lowest BCUT2D eigenvalue weighted by atomic mass is 9.76. The summed E-state index contributed by atoms with van der Waals surface area (Å²) in [5.41, 5.74) is 7.01. The van der Waals surface area contributed by atoms with Crippen LogP contribution in [0.3, 0.4) is 0 Å². The Kier molecular flexibility index (Phi) is 6.74. The number of nitrogens with zero attached hydrogens (tertiary/aromatic N) is 1. The lowest BCUT2D eigenvalue weighted by Gasteiger charge is -2.47. The second-order valence-corrected chi connectivity index (χ2v) is 9.06. The molecular formula is C19H40N2. The van der Waals surface area contributed by atoms with E-state index in [4.69, 9.17) is 5.73 Å². The van der Waals surface area contributed by atoms with Gasteiger partial charge < -0.3 is 5.73 Å². The molecule has 1 saturated carbocycles. The van der Waals surface area contributed by atoms with Crippen LogP contribution in [0.15, 0.2) is 0 Å². The SMILES string of the molecule is CC(C)CN(C(C)C)C1(CN)CCCC(C(C)(C)C)CC1. The van der Waals surface area contributed by atoms with Crippen molar-refractivity contribution in [3.05, 3.63) is 0 Å². The normalized spacial score (nSPS) is 28.4. The average Bonchev–Trinajstić information content (AvgIpc) is 2.58. The molecule has 0 radical (unpaired) electrons. The van der Waals surface area contributed by atoms with Gasteiger partial charge in [0, 0.05) is 24.7 Å². The van der Waals surface area contributed by atoms with Crippen LogP contribution in [0.25, 0.3) is 0 Å². The molecular weight excluding hydrogens is 256 g/mol. The summed E-state index contributed by atoms with van der Waals surface area (Å²) in [7, 11) is 0. The van der Waals surface area contributed by atoms with Crippen LogP contribution in [-0.2, 0) is 0 Å². The van der Waals surface area contributed by atoms with Crippen molar-refractivity contribution in [1.82, 2.24) is 4.90 Å². The van der Waals surface area contributed by atoms with E-state index in [0.29, 0.717) is 17.4 Å². The van der Waals surface area contributed by atoms with Gasteiger partial charge >= 0.3 is 0 Å². The Morgan fingerprint density at radius 3 is 2.14 bits per heavy atom. The van der Waals surface area contributed by atoms with Crippen molar-refractivity contribution in [2.45, 2.75) is 92.2 Å². The number of nitrogens with two attached hydrogens (primary N) is 1. The molecule has 0 saturated heterocycles. The quantitative estimate of drug-likeness (QED) is 0.747. The first-order valence-corrected chi connectivity index (χ1v) is 9.09. The monoisotopic (exact) mass is 296 g/mol. The maximum Gasteiger partial charge on any atom is 0.0334 e. The maximum atomic E-state index is 6.33. The van der Waals surface area contributed by atoms with Crippen LogP contribution < -0.4 is 5.73 Å². The van der Waals surface area contributed by atoms with Gasteiger partial charge in [0.15, 0.2) is 0 Å². The van der Waals surface area contributed by atoms with Crippen molar-refractivity contribution in [3.8, 4) is 0 Å². The Bertz CT molecular complexity index is 303. The van der Waals surface area contributed by atoms with Gasteiger partial charge in [-0.1, -0.05) is 41.0 Å². The van der Waals surface area contributed by atoms with Crippen molar-refractivity contribution < 1.29 is 0 Å². The smallest absolute Gasteiger partial charge is 0.0334 e. The van der Waals surface area contributed by atoms with Gasteiger partial charge in [-0.25, -0.2) is 0 Å². The third-order valence-electron chi connectivity index (χ3n) is 5.55. The zero-order valence-electron chi connectivity index (χ0n) is 15.7. The summed E-state index contributed by atoms with van der Waals surface area (Å²) < 4.78 is 0. The first-order chi connectivity index (χ1) is 9.62. The minimum atomic E-state index is 0.235. The fraction of sp³-hybridized carbons (Fsp3) is 1.00. The van der Waals surface area contributed by atoms with Gasteiger partial charge in [-0.2, -0.15) is 0 Å². The van der Waals surface area contributed by atoms with Crippen LogP contribution in [0.1, 0.15) is 80.6 Å². The van der Waals surface area contributed by atoms with Crippen molar-refractivity contribution in [1.29, 1.82) is 0 Å². The summed E-state index contributed by atoms with van der Waals surface area (Å²) in [5.74, 6) is 1.55. The first kappa shape index (κ1) is 19.0. The molecule has 1 rings (SSSR count). The molecule has 2 unspecified atom stereocenters. The Balaban J connectivity index is 2.92. The topological polar surface area (TPSA) is 29.3 Å². The van der Waals surface area contributed by atoms with Crippen LogP contribution >= 0.6 is 0 Å². The maximum absolute atomic E-state index is 6.33. The molecule has 0 aliphatic heterocycles. The second-order valence-electron chi connectivity index (χ2n) is 9.06. The third kappa shape index (κ3) is 4.96. The van der Waals surface area contributed by atoms with E-state index in [2.05, 4.69) is 53.4 Å². The first-order valence-electron chi connectivity index (χ1n) is 9.09. The van der Waals surface area contributed by atoms with Gasteiger partial charge in [-0.15, -0.1) is 0 Å². The minimum absolute atomic E-state index is 0.235. The zero-order chi connectivity index (χ0) is 16.3. The van der Waals surface area contributed by atoms with Crippen LogP contribution in [0, 0.1) is 17.3 Å². The van der Waals surface area contributed by atoms with Gasteiger partial charge in [0.2, 0.25) is 0 Å². The molecule has 21 heavy (non-hydrogen) atoms. The Morgan fingerprint density at radius 1 is 1.10 bits per heavy atom. The van der Waals surface area contributed by atoms with Crippen LogP contribution in [0.2, 0.25) is 0 Å². The van der Waals surface area contributed by atoms with E-state index in [0.717, 1.165) is 12.5 Å². The van der Waals surface area contributed by atoms with Crippen molar-refractivity contribution in [3.63, 3.8) is 0 Å². The van der Waals surface area contributed by atoms with Crippen molar-refractivity contribution in [2.24, 2.45) is 23.0 Å². The number of rotatable bonds is 5. The fourth-order valence-corrected chi connectivity index (χ4v) is 4.21. The molecule has 0 aromatic carbocycles. The van der Waals surface area contributed by atoms with E-state index < -0.39 is 0 Å². The number of hydrogen-bond donors (Lipinski definition) is 1. The van der Waals surface area contributed by atoms with E-state index in [-0.39, 0.29) is 5.54 Å². The van der Waals surface area contributed by atoms with Gasteiger partial charge in [0.05, 0.1) is 0 Å². The fourth-order valence-electron chi connectivity index (χ4n) is 4.21. The molecule has 2 atom stereocenters. The highest BCUT2D eigenvalue weighted by molar-refractivity contribution is 4.97. The summed E-state index contributed by atoms with van der Waals surface area (Å²) in [6.07, 6.45) is 6.60. The highest BCUT2D eigenvalue weighted by atomic mass is 15.2. The molecule has 1 aliphatic carbocycles. The molecule has 0 heterocycles. The van der Waals surface area contributed by atoms with Gasteiger partial charge in [-0.3, -0.25) is 4.90 Å². The molecule has 2 nitrogen and oxygen atoms in total. The molecule has 2 N–H and O–H groups in total. The lowest BCUT2D eigenvalue weighted by Crippen LogP contribution is -2.57. The molecule has 126 valence electrons. The van der Waals surface area contributed by atoms with Crippen LogP contribution in [0.4, 0.5) is 0 Å². The molecule has 0 spiro atoms. The van der Waals surface area contributed by atoms with E-state index in [1.165, 1.54) is 38.6 Å². The predicted molar refractivity (Wildman–Crippen MR) is 94.5 cm³/mol. The van der Waals surface area contributed by atoms with Gasteiger partial charge in [0.1, 0.15) is 0 Å². The summed E-state index contributed by atoms with van der Waals surface area (Å²) in [6.45, 7) is 18.5. The standard InChI is InChI=1S/C19H40N2/c1-15(2)13-21(16(3)4)19(14-20)11-8-9-17(10-12-19)18(5,6)7/h15-17H,8-14,20H2,1-7H3. The average molecular weight is 297 g/mol. The largest absolute Gasteiger partial charge is 0.329 e. The minimum Gasteiger partial charge on any atom is -0.329 e. The Hall–Kier alpha value is -0.0800. The molecule has 2 heteroatoms. The van der Waals surface area contributed by atoms with Gasteiger partial charge in [-0.05, 0) is 56.8 Å². The summed E-state index contributed by atoms with van der Waals surface area (Å²) in [4.78, 5) is 2.72. The highest BCUT2D eigenvalue weighted by Gasteiger charge is 2.40. The molecule has 0 bridgehead atoms. The zero-order valence-corrected chi connectivity index (χ0v) is 15.7. The highest BCUT2D eigenvalue weighted by Crippen LogP contribution is 2.42. The molecule has 1 aliphatic rings. The summed E-state index contributed by atoms with van der Waals surface area (Å²) >= 11 is 0. The van der Waals surface area contributed by atoms with E-state index in [1.807, 2.05) is 0 Å². The Labute approximate surface area is 133 Å². The molecule has 1 fully saturated rings. The molecule has 0 aromatic rings. The van der Waals surface area contributed by atoms with Crippen molar-refractivity contribution in [2.75, 3.05) is 13.1 Å². The molecule has 0 aromatic heterocycles. The predicted octanol–water partition coefficient (Wildman–Crippen LogP) is 4.68. The van der Waals surface area contributed by atoms with E-state index >= 15 is 0 Å². The van der Waals surface area contributed by atoms with Gasteiger partial charge in [0.25, 0.3) is 0 Å². The van der Waals surface area contributed by atoms with Crippen LogP contribution in [-0.4, -0.2) is 29.6 Å². The van der Waals surface area contributed by atoms with Crippen molar-refractivity contribution >= 4 is 0 Å². The van der Waals surface area contributed by atoms with Crippen LogP contribution in [0.5, 0.6) is 0 Å². The number of hydrogen-bond acceptors (Lipinski definition) is 2. The summed E-state index contributed by atoms with van der Waals surface area (Å²) in [6, 6.07) is 0.585. The van der Waals surface area contributed by atoms with E-state index in [9.17, 15) is 0 Å². The molecule has 0 amide bonds. The Morgan fingerprint density at radius 2 is 1.71 bits per heavy atom. The lowest BCUT2D eigenvalue weighted by molar-refractivity contribution is 0.0345. The summed E-state index contributed by atoms with van der Waals surface area (Å²) in [5, 5.41) is 0. The second kappa shape index (κ2) is 7.46. The third-order valence-corrected chi connectivity index (χ3v) is 5.55. The van der Waals surface area contributed by atoms with E-state index in [1.54, 1.807) is 0 Å².